The molecule has 6 heteroatoms. The zero-order valence-electron chi connectivity index (χ0n) is 4.76. The van der Waals surface area contributed by atoms with E-state index >= 15 is 0 Å². The largest absolute Gasteiger partial charge is 0.476 e. The van der Waals surface area contributed by atoms with E-state index in [-0.39, 0.29) is 11.5 Å². The third-order valence-electron chi connectivity index (χ3n) is 0.917. The first-order valence-corrected chi connectivity index (χ1v) is 3.15. The van der Waals surface area contributed by atoms with Crippen molar-refractivity contribution in [1.82, 2.24) is 9.97 Å². The number of rotatable bonds is 1. The fraction of sp³-hybridized carbons (Fsp3) is 0. The maximum atomic E-state index is 10.3. The first-order chi connectivity index (χ1) is 4.61. The number of carbonyl (C=O) groups is 1. The van der Waals surface area contributed by atoms with Crippen LogP contribution in [0.25, 0.3) is 0 Å². The van der Waals surface area contributed by atoms with Crippen LogP contribution < -0.4 is 5.73 Å². The van der Waals surface area contributed by atoms with E-state index in [4.69, 9.17) is 10.8 Å². The van der Waals surface area contributed by atoms with Crippen LogP contribution in [0.4, 0.5) is 5.82 Å². The van der Waals surface area contributed by atoms with Crippen LogP contribution in [0.1, 0.15) is 10.5 Å². The minimum absolute atomic E-state index is 0.0145. The first-order valence-electron chi connectivity index (χ1n) is 2.35. The van der Waals surface area contributed by atoms with Gasteiger partial charge in [0.15, 0.2) is 16.2 Å². The molecule has 1 rings (SSSR count). The van der Waals surface area contributed by atoms with Gasteiger partial charge in [-0.1, -0.05) is 0 Å². The predicted molar refractivity (Wildman–Crippen MR) is 37.7 cm³/mol. The Balaban J connectivity index is 3.15. The lowest BCUT2D eigenvalue weighted by Crippen LogP contribution is -2.00. The number of hydrogen-bond acceptors (Lipinski definition) is 3. The van der Waals surface area contributed by atoms with Crippen molar-refractivity contribution in [2.24, 2.45) is 0 Å². The summed E-state index contributed by atoms with van der Waals surface area (Å²) in [6.45, 7) is 0. The van der Waals surface area contributed by atoms with Gasteiger partial charge in [-0.25, -0.2) is 9.78 Å². The summed E-state index contributed by atoms with van der Waals surface area (Å²) in [7, 11) is 0. The molecule has 0 fully saturated rings. The lowest BCUT2D eigenvalue weighted by molar-refractivity contribution is 0.0692. The summed E-state index contributed by atoms with van der Waals surface area (Å²) in [5.41, 5.74) is 5.10. The van der Waals surface area contributed by atoms with Crippen LogP contribution >= 0.6 is 15.9 Å². The maximum absolute atomic E-state index is 10.3. The molecular weight excluding hydrogens is 202 g/mol. The highest BCUT2D eigenvalue weighted by molar-refractivity contribution is 9.10. The molecule has 1 aromatic rings. The predicted octanol–water partition coefficient (Wildman–Crippen LogP) is 0.453. The Kier molecular flexibility index (Phi) is 1.62. The summed E-state index contributed by atoms with van der Waals surface area (Å²) < 4.78 is 0.322. The summed E-state index contributed by atoms with van der Waals surface area (Å²) >= 11 is 2.94. The van der Waals surface area contributed by atoms with E-state index in [0.29, 0.717) is 4.73 Å². The number of aromatic nitrogens is 2. The van der Waals surface area contributed by atoms with Gasteiger partial charge in [-0.05, 0) is 15.9 Å². The number of carboxylic acid groups (broad SMARTS) is 1. The molecule has 0 amide bonds. The number of anilines is 1. The number of nitrogens with zero attached hydrogens (tertiary/aromatic N) is 1. The van der Waals surface area contributed by atoms with Gasteiger partial charge < -0.3 is 15.8 Å². The normalized spacial score (nSPS) is 9.70. The van der Waals surface area contributed by atoms with E-state index in [1.54, 1.807) is 0 Å². The molecule has 0 aromatic carbocycles. The van der Waals surface area contributed by atoms with Crippen molar-refractivity contribution in [3.8, 4) is 0 Å². The molecule has 5 nitrogen and oxygen atoms in total. The van der Waals surface area contributed by atoms with Gasteiger partial charge in [0.25, 0.3) is 0 Å². The zero-order valence-corrected chi connectivity index (χ0v) is 6.34. The Morgan fingerprint density at radius 3 is 2.60 bits per heavy atom. The number of nitrogens with one attached hydrogen (secondary N) is 1. The van der Waals surface area contributed by atoms with Crippen molar-refractivity contribution in [2.45, 2.75) is 0 Å². The van der Waals surface area contributed by atoms with E-state index in [9.17, 15) is 4.79 Å². The van der Waals surface area contributed by atoms with E-state index in [1.807, 2.05) is 0 Å². The van der Waals surface area contributed by atoms with Gasteiger partial charge in [-0.3, -0.25) is 0 Å². The number of carboxylic acids is 1. The number of nitrogens with two attached hydrogens (primary N) is 1. The molecule has 4 N–H and O–H groups in total. The smallest absolute Gasteiger partial charge is 0.356 e. The van der Waals surface area contributed by atoms with Crippen LogP contribution in [0.2, 0.25) is 0 Å². The Morgan fingerprint density at radius 2 is 2.40 bits per heavy atom. The van der Waals surface area contributed by atoms with Crippen molar-refractivity contribution < 1.29 is 9.90 Å². The quantitative estimate of drug-likeness (QED) is 0.621. The maximum Gasteiger partial charge on any atom is 0.356 e. The van der Waals surface area contributed by atoms with Gasteiger partial charge in [-0.15, -0.1) is 0 Å². The SMILES string of the molecule is Nc1nc(Br)[nH]c1C(=O)O. The van der Waals surface area contributed by atoms with Crippen LogP contribution in [-0.2, 0) is 0 Å². The molecule has 0 saturated carbocycles. The Labute approximate surface area is 64.4 Å². The van der Waals surface area contributed by atoms with Gasteiger partial charge in [0.2, 0.25) is 0 Å². The van der Waals surface area contributed by atoms with Crippen molar-refractivity contribution in [3.05, 3.63) is 10.4 Å². The van der Waals surface area contributed by atoms with Gasteiger partial charge >= 0.3 is 5.97 Å². The first kappa shape index (κ1) is 7.07. The van der Waals surface area contributed by atoms with Crippen LogP contribution in [0.15, 0.2) is 4.73 Å². The van der Waals surface area contributed by atoms with Crippen molar-refractivity contribution in [3.63, 3.8) is 0 Å². The molecule has 0 spiro atoms. The molecule has 0 saturated heterocycles. The Morgan fingerprint density at radius 1 is 1.80 bits per heavy atom. The number of aromatic carboxylic acids is 1. The van der Waals surface area contributed by atoms with Gasteiger partial charge in [0.1, 0.15) is 0 Å². The average molecular weight is 206 g/mol. The zero-order chi connectivity index (χ0) is 7.72. The van der Waals surface area contributed by atoms with Gasteiger partial charge in [-0.2, -0.15) is 0 Å². The topological polar surface area (TPSA) is 92.0 Å². The molecule has 0 bridgehead atoms. The van der Waals surface area contributed by atoms with Crippen LogP contribution in [0.5, 0.6) is 0 Å². The molecule has 0 aliphatic carbocycles. The van der Waals surface area contributed by atoms with Crippen molar-refractivity contribution in [2.75, 3.05) is 5.73 Å². The molecule has 0 aliphatic heterocycles. The minimum Gasteiger partial charge on any atom is -0.476 e. The monoisotopic (exact) mass is 205 g/mol. The van der Waals surface area contributed by atoms with E-state index < -0.39 is 5.97 Å². The standard InChI is InChI=1S/C4H4BrN3O2/c5-4-7-1(3(9)10)2(6)8-4/h6H2,(H,7,8)(H,9,10). The van der Waals surface area contributed by atoms with Gasteiger partial charge in [0.05, 0.1) is 0 Å². The molecule has 54 valence electrons. The third-order valence-corrected chi connectivity index (χ3v) is 1.29. The number of imidazole rings is 1. The minimum atomic E-state index is -1.12. The summed E-state index contributed by atoms with van der Waals surface area (Å²) in [6, 6.07) is 0. The fourth-order valence-corrected chi connectivity index (χ4v) is 0.909. The van der Waals surface area contributed by atoms with Crippen LogP contribution in [0.3, 0.4) is 0 Å². The second-order valence-corrected chi connectivity index (χ2v) is 2.34. The number of nitrogen functional groups attached to an aromatic ring is 1. The van der Waals surface area contributed by atoms with Crippen molar-refractivity contribution >= 4 is 27.7 Å². The molecule has 1 heterocycles. The van der Waals surface area contributed by atoms with E-state index in [0.717, 1.165) is 0 Å². The highest BCUT2D eigenvalue weighted by atomic mass is 79.9. The lowest BCUT2D eigenvalue weighted by atomic mass is 10.4. The molecule has 0 atom stereocenters. The summed E-state index contributed by atoms with van der Waals surface area (Å²) in [5, 5.41) is 8.41. The lowest BCUT2D eigenvalue weighted by Gasteiger charge is -1.85. The van der Waals surface area contributed by atoms with E-state index in [1.165, 1.54) is 0 Å². The highest BCUT2D eigenvalue weighted by Crippen LogP contribution is 2.11. The summed E-state index contributed by atoms with van der Waals surface area (Å²) in [4.78, 5) is 16.3. The van der Waals surface area contributed by atoms with Crippen molar-refractivity contribution in [1.29, 1.82) is 0 Å². The second kappa shape index (κ2) is 2.30. The third kappa shape index (κ3) is 1.10. The highest BCUT2D eigenvalue weighted by Gasteiger charge is 2.11. The number of hydrogen-bond donors (Lipinski definition) is 3. The summed E-state index contributed by atoms with van der Waals surface area (Å²) in [6.07, 6.45) is 0. The Bertz CT molecular complexity index is 269. The average Bonchev–Trinajstić information content (AvgIpc) is 2.10. The molecular formula is C4H4BrN3O2. The Hall–Kier alpha value is -1.04. The number of halogens is 1. The molecule has 0 aliphatic rings. The fourth-order valence-electron chi connectivity index (χ4n) is 0.520. The molecule has 0 unspecified atom stereocenters. The molecule has 10 heavy (non-hydrogen) atoms. The number of aromatic amines is 1. The number of H-pyrrole nitrogens is 1. The van der Waals surface area contributed by atoms with E-state index in [2.05, 4.69) is 25.9 Å². The molecule has 0 radical (unpaired) electrons. The second-order valence-electron chi connectivity index (χ2n) is 1.59. The summed E-state index contributed by atoms with van der Waals surface area (Å²) in [5.74, 6) is -1.13. The van der Waals surface area contributed by atoms with Crippen LogP contribution in [-0.4, -0.2) is 21.0 Å². The van der Waals surface area contributed by atoms with Crippen LogP contribution in [0, 0.1) is 0 Å². The van der Waals surface area contributed by atoms with Gasteiger partial charge in [0, 0.05) is 0 Å². The molecule has 1 aromatic heterocycles.